The Morgan fingerprint density at radius 1 is 1.35 bits per heavy atom. The number of nitrogens with zero attached hydrogens (tertiary/aromatic N) is 3. The van der Waals surface area contributed by atoms with Crippen molar-refractivity contribution in [3.63, 3.8) is 0 Å². The SMILES string of the molecule is CC(C)NCc1csc(N(C)CC2(N(C)C)CCC2)n1. The summed E-state index contributed by atoms with van der Waals surface area (Å²) in [5, 5.41) is 6.73. The fraction of sp³-hybridized carbons (Fsp3) is 0.800. The van der Waals surface area contributed by atoms with E-state index in [2.05, 4.69) is 55.5 Å². The van der Waals surface area contributed by atoms with Crippen LogP contribution in [0.4, 0.5) is 5.13 Å². The van der Waals surface area contributed by atoms with Crippen LogP contribution in [0.15, 0.2) is 5.38 Å². The van der Waals surface area contributed by atoms with Gasteiger partial charge in [0.15, 0.2) is 5.13 Å². The summed E-state index contributed by atoms with van der Waals surface area (Å²) >= 11 is 1.75. The molecular formula is C15H28N4S. The van der Waals surface area contributed by atoms with Crippen LogP contribution in [0, 0.1) is 0 Å². The maximum atomic E-state index is 4.75. The van der Waals surface area contributed by atoms with E-state index in [1.807, 2.05) is 0 Å². The maximum absolute atomic E-state index is 4.75. The lowest BCUT2D eigenvalue weighted by atomic mass is 9.75. The minimum atomic E-state index is 0.358. The Kier molecular flexibility index (Phi) is 5.04. The van der Waals surface area contributed by atoms with Gasteiger partial charge in [-0.05, 0) is 33.4 Å². The monoisotopic (exact) mass is 296 g/mol. The molecule has 1 fully saturated rings. The third kappa shape index (κ3) is 3.51. The Balaban J connectivity index is 1.94. The minimum absolute atomic E-state index is 0.358. The summed E-state index contributed by atoms with van der Waals surface area (Å²) in [7, 11) is 6.57. The minimum Gasteiger partial charge on any atom is -0.349 e. The fourth-order valence-corrected chi connectivity index (χ4v) is 3.49. The molecule has 0 saturated heterocycles. The Labute approximate surface area is 127 Å². The van der Waals surface area contributed by atoms with Crippen LogP contribution in [0.25, 0.3) is 0 Å². The third-order valence-corrected chi connectivity index (χ3v) is 5.33. The zero-order valence-corrected chi connectivity index (χ0v) is 14.3. The molecule has 0 aromatic carbocycles. The van der Waals surface area contributed by atoms with Gasteiger partial charge in [-0.3, -0.25) is 0 Å². The first kappa shape index (κ1) is 15.7. The van der Waals surface area contributed by atoms with E-state index in [1.54, 1.807) is 11.3 Å². The lowest BCUT2D eigenvalue weighted by Crippen LogP contribution is -2.56. The van der Waals surface area contributed by atoms with E-state index in [1.165, 1.54) is 19.3 Å². The lowest BCUT2D eigenvalue weighted by Gasteiger charge is -2.49. The van der Waals surface area contributed by atoms with Crippen LogP contribution in [0.1, 0.15) is 38.8 Å². The van der Waals surface area contributed by atoms with E-state index in [4.69, 9.17) is 4.98 Å². The van der Waals surface area contributed by atoms with Gasteiger partial charge in [-0.25, -0.2) is 4.98 Å². The van der Waals surface area contributed by atoms with Gasteiger partial charge in [0.2, 0.25) is 0 Å². The van der Waals surface area contributed by atoms with Gasteiger partial charge in [0, 0.05) is 37.1 Å². The van der Waals surface area contributed by atoms with Crippen LogP contribution in [-0.2, 0) is 6.54 Å². The first-order valence-corrected chi connectivity index (χ1v) is 8.37. The maximum Gasteiger partial charge on any atom is 0.185 e. The molecule has 0 aliphatic heterocycles. The van der Waals surface area contributed by atoms with E-state index in [0.717, 1.165) is 23.9 Å². The van der Waals surface area contributed by atoms with Crippen molar-refractivity contribution in [1.82, 2.24) is 15.2 Å². The topological polar surface area (TPSA) is 31.4 Å². The molecule has 1 heterocycles. The molecule has 1 aliphatic rings. The van der Waals surface area contributed by atoms with Crippen LogP contribution < -0.4 is 10.2 Å². The molecule has 114 valence electrons. The van der Waals surface area contributed by atoms with Gasteiger partial charge in [0.1, 0.15) is 0 Å². The molecule has 1 aliphatic carbocycles. The molecule has 0 atom stereocenters. The Morgan fingerprint density at radius 3 is 2.55 bits per heavy atom. The highest BCUT2D eigenvalue weighted by Gasteiger charge is 2.40. The summed E-state index contributed by atoms with van der Waals surface area (Å²) in [5.41, 5.74) is 1.51. The standard InChI is InChI=1S/C15H28N4S/c1-12(2)16-9-13-10-20-14(17-13)19(5)11-15(18(3)4)7-6-8-15/h10,12,16H,6-9,11H2,1-5H3. The van der Waals surface area contributed by atoms with Gasteiger partial charge in [0.05, 0.1) is 5.69 Å². The molecule has 0 bridgehead atoms. The van der Waals surface area contributed by atoms with Crippen molar-refractivity contribution in [2.75, 3.05) is 32.6 Å². The van der Waals surface area contributed by atoms with E-state index in [9.17, 15) is 0 Å². The van der Waals surface area contributed by atoms with Crippen LogP contribution >= 0.6 is 11.3 Å². The van der Waals surface area contributed by atoms with E-state index in [0.29, 0.717) is 11.6 Å². The van der Waals surface area contributed by atoms with Gasteiger partial charge in [0.25, 0.3) is 0 Å². The summed E-state index contributed by atoms with van der Waals surface area (Å²) in [4.78, 5) is 9.46. The molecule has 5 heteroatoms. The second kappa shape index (κ2) is 6.41. The largest absolute Gasteiger partial charge is 0.349 e. The van der Waals surface area contributed by atoms with Gasteiger partial charge < -0.3 is 15.1 Å². The number of rotatable bonds is 7. The second-order valence-corrected chi connectivity index (χ2v) is 7.32. The van der Waals surface area contributed by atoms with Gasteiger partial charge in [-0.15, -0.1) is 11.3 Å². The van der Waals surface area contributed by atoms with Gasteiger partial charge >= 0.3 is 0 Å². The molecule has 1 saturated carbocycles. The third-order valence-electron chi connectivity index (χ3n) is 4.32. The highest BCUT2D eigenvalue weighted by atomic mass is 32.1. The van der Waals surface area contributed by atoms with Crippen LogP contribution in [0.5, 0.6) is 0 Å². The average Bonchev–Trinajstić information content (AvgIpc) is 2.79. The normalized spacial score (nSPS) is 17.6. The molecule has 0 spiro atoms. The Hall–Kier alpha value is -0.650. The smallest absolute Gasteiger partial charge is 0.185 e. The van der Waals surface area contributed by atoms with E-state index in [-0.39, 0.29) is 0 Å². The summed E-state index contributed by atoms with van der Waals surface area (Å²) in [6.07, 6.45) is 3.96. The quantitative estimate of drug-likeness (QED) is 0.838. The molecule has 20 heavy (non-hydrogen) atoms. The van der Waals surface area contributed by atoms with Crippen LogP contribution in [0.2, 0.25) is 0 Å². The number of anilines is 1. The van der Waals surface area contributed by atoms with Crippen LogP contribution in [0.3, 0.4) is 0 Å². The van der Waals surface area contributed by atoms with E-state index >= 15 is 0 Å². The fourth-order valence-electron chi connectivity index (χ4n) is 2.70. The number of nitrogens with one attached hydrogen (secondary N) is 1. The molecule has 1 aromatic heterocycles. The summed E-state index contributed by atoms with van der Waals surface area (Å²) < 4.78 is 0. The number of hydrogen-bond donors (Lipinski definition) is 1. The highest BCUT2D eigenvalue weighted by Crippen LogP contribution is 2.37. The molecule has 2 rings (SSSR count). The van der Waals surface area contributed by atoms with E-state index < -0.39 is 0 Å². The van der Waals surface area contributed by atoms with Crippen molar-refractivity contribution < 1.29 is 0 Å². The summed E-state index contributed by atoms with van der Waals surface area (Å²) in [6.45, 7) is 6.26. The summed E-state index contributed by atoms with van der Waals surface area (Å²) in [6, 6.07) is 0.505. The van der Waals surface area contributed by atoms with Crippen molar-refractivity contribution in [1.29, 1.82) is 0 Å². The highest BCUT2D eigenvalue weighted by molar-refractivity contribution is 7.13. The molecule has 4 nitrogen and oxygen atoms in total. The molecule has 0 unspecified atom stereocenters. The Bertz CT molecular complexity index is 423. The first-order valence-electron chi connectivity index (χ1n) is 7.49. The van der Waals surface area contributed by atoms with Crippen molar-refractivity contribution in [2.45, 2.75) is 51.2 Å². The Morgan fingerprint density at radius 2 is 2.05 bits per heavy atom. The zero-order chi connectivity index (χ0) is 14.8. The molecule has 1 aromatic rings. The number of hydrogen-bond acceptors (Lipinski definition) is 5. The average molecular weight is 296 g/mol. The molecule has 0 radical (unpaired) electrons. The zero-order valence-electron chi connectivity index (χ0n) is 13.4. The first-order chi connectivity index (χ1) is 9.43. The number of aromatic nitrogens is 1. The molecular weight excluding hydrogens is 268 g/mol. The van der Waals surface area contributed by atoms with Crippen molar-refractivity contribution >= 4 is 16.5 Å². The lowest BCUT2D eigenvalue weighted by molar-refractivity contribution is 0.0683. The number of likely N-dealkylation sites (N-methyl/N-ethyl adjacent to an activating group) is 2. The summed E-state index contributed by atoms with van der Waals surface area (Å²) in [5.74, 6) is 0. The van der Waals surface area contributed by atoms with Crippen LogP contribution in [-0.4, -0.2) is 49.2 Å². The molecule has 1 N–H and O–H groups in total. The van der Waals surface area contributed by atoms with Gasteiger partial charge in [-0.2, -0.15) is 0 Å². The molecule has 0 amide bonds. The van der Waals surface area contributed by atoms with Crippen molar-refractivity contribution in [2.24, 2.45) is 0 Å². The van der Waals surface area contributed by atoms with Crippen molar-refractivity contribution in [3.05, 3.63) is 11.1 Å². The second-order valence-electron chi connectivity index (χ2n) is 6.49. The number of thiazole rings is 1. The van der Waals surface area contributed by atoms with Gasteiger partial charge in [-0.1, -0.05) is 13.8 Å². The van der Waals surface area contributed by atoms with Crippen molar-refractivity contribution in [3.8, 4) is 0 Å². The predicted molar refractivity (Wildman–Crippen MR) is 87.6 cm³/mol. The predicted octanol–water partition coefficient (Wildman–Crippen LogP) is 2.56.